The zero-order chi connectivity index (χ0) is 24.1. The molecule has 34 heavy (non-hydrogen) atoms. The zero-order valence-electron chi connectivity index (χ0n) is 20.1. The summed E-state index contributed by atoms with van der Waals surface area (Å²) in [6.07, 6.45) is 6.54. The van der Waals surface area contributed by atoms with Gasteiger partial charge in [0.05, 0.1) is 12.0 Å². The van der Waals surface area contributed by atoms with E-state index in [-0.39, 0.29) is 17.9 Å². The van der Waals surface area contributed by atoms with Gasteiger partial charge in [-0.15, -0.1) is 10.2 Å². The van der Waals surface area contributed by atoms with Gasteiger partial charge in [-0.3, -0.25) is 10.6 Å². The molecule has 2 fully saturated rings. The highest BCUT2D eigenvalue weighted by atomic mass is 16.2. The van der Waals surface area contributed by atoms with Crippen LogP contribution in [0, 0.1) is 18.8 Å². The average molecular weight is 466 g/mol. The van der Waals surface area contributed by atoms with Crippen LogP contribution in [-0.2, 0) is 11.2 Å². The van der Waals surface area contributed by atoms with E-state index >= 15 is 0 Å². The van der Waals surface area contributed by atoms with Gasteiger partial charge in [0.2, 0.25) is 5.91 Å². The summed E-state index contributed by atoms with van der Waals surface area (Å²) in [5.41, 5.74) is 10.4. The lowest BCUT2D eigenvalue weighted by atomic mass is 9.88. The van der Waals surface area contributed by atoms with Crippen LogP contribution in [0.3, 0.4) is 0 Å². The van der Waals surface area contributed by atoms with Crippen molar-refractivity contribution in [3.63, 3.8) is 0 Å². The first kappa shape index (κ1) is 24.2. The maximum atomic E-state index is 13.4. The first-order valence-electron chi connectivity index (χ1n) is 12.3. The molecule has 1 aliphatic carbocycles. The van der Waals surface area contributed by atoms with Crippen LogP contribution in [0.1, 0.15) is 74.7 Å². The molecule has 182 valence electrons. The molecule has 0 radical (unpaired) electrons. The highest BCUT2D eigenvalue weighted by molar-refractivity contribution is 5.93. The van der Waals surface area contributed by atoms with Crippen molar-refractivity contribution in [2.45, 2.75) is 70.9 Å². The van der Waals surface area contributed by atoms with Gasteiger partial charge >= 0.3 is 0 Å². The number of piperidine rings is 1. The Kier molecular flexibility index (Phi) is 7.82. The second-order valence-electron chi connectivity index (χ2n) is 9.72. The van der Waals surface area contributed by atoms with E-state index in [2.05, 4.69) is 37.0 Å². The summed E-state index contributed by atoms with van der Waals surface area (Å²) in [6.45, 7) is 5.33. The van der Waals surface area contributed by atoms with Crippen molar-refractivity contribution in [1.29, 1.82) is 0 Å². The number of aryl methyl sites for hydroxylation is 2. The summed E-state index contributed by atoms with van der Waals surface area (Å²) >= 11 is 0. The normalized spacial score (nSPS) is 21.6. The largest absolute Gasteiger partial charge is 0.326 e. The molecule has 1 unspecified atom stereocenters. The topological polar surface area (TPSA) is 138 Å². The van der Waals surface area contributed by atoms with E-state index in [0.29, 0.717) is 18.5 Å². The fraction of sp³-hybridized carbons (Fsp3) is 0.625. The van der Waals surface area contributed by atoms with E-state index < -0.39 is 0 Å². The number of carbonyl (C=O) groups is 1. The second-order valence-corrected chi connectivity index (χ2v) is 9.72. The number of hydrogen-bond donors (Lipinski definition) is 2. The third kappa shape index (κ3) is 5.58. The van der Waals surface area contributed by atoms with Gasteiger partial charge in [-0.2, -0.15) is 0 Å². The SMILES string of the molecule is Cc1ccccc1NC(=O)[C@H]1CCCN(N)[C@@H]1c1nnc(CCCC(C)CN=[N+]=[N-])n1C1CC1. The first-order chi connectivity index (χ1) is 16.5. The number of nitrogens with two attached hydrogens (primary N) is 1. The van der Waals surface area contributed by atoms with Gasteiger partial charge in [-0.1, -0.05) is 36.7 Å². The lowest BCUT2D eigenvalue weighted by molar-refractivity contribution is -0.124. The lowest BCUT2D eigenvalue weighted by Crippen LogP contribution is -2.48. The molecular formula is C24H35N9O. The number of hydrazine groups is 1. The standard InChI is InChI=1S/C24H35N9O/c1-16(15-27-31-25)7-5-11-21-29-30-23(33(21)18-12-13-18)22-19(9-6-14-32(22)26)24(34)28-20-10-4-3-8-17(20)2/h3-4,8,10,16,18-19,22H,5-7,9,11-15,26H2,1-2H3,(H,28,34)/t16?,19-,22-/m0/s1. The minimum atomic E-state index is -0.302. The van der Waals surface area contributed by atoms with Crippen molar-refractivity contribution in [2.75, 3.05) is 18.4 Å². The van der Waals surface area contributed by atoms with Crippen LogP contribution in [-0.4, -0.2) is 38.8 Å². The van der Waals surface area contributed by atoms with Crippen LogP contribution < -0.4 is 11.2 Å². The van der Waals surface area contributed by atoms with Crippen LogP contribution in [0.5, 0.6) is 0 Å². The molecule has 10 nitrogen and oxygen atoms in total. The summed E-state index contributed by atoms with van der Waals surface area (Å²) in [5.74, 6) is 8.27. The van der Waals surface area contributed by atoms with Gasteiger partial charge in [-0.25, -0.2) is 5.01 Å². The van der Waals surface area contributed by atoms with Crippen LogP contribution in [0.25, 0.3) is 10.4 Å². The molecule has 1 aromatic carbocycles. The minimum Gasteiger partial charge on any atom is -0.326 e. The van der Waals surface area contributed by atoms with Crippen molar-refractivity contribution in [3.8, 4) is 0 Å². The molecule has 0 bridgehead atoms. The molecule has 3 atom stereocenters. The Morgan fingerprint density at radius 2 is 2.12 bits per heavy atom. The van der Waals surface area contributed by atoms with Crippen LogP contribution in [0.4, 0.5) is 5.69 Å². The molecule has 2 heterocycles. The third-order valence-corrected chi connectivity index (χ3v) is 6.93. The first-order valence-corrected chi connectivity index (χ1v) is 12.3. The van der Waals surface area contributed by atoms with Crippen LogP contribution in [0.2, 0.25) is 0 Å². The summed E-state index contributed by atoms with van der Waals surface area (Å²) in [6, 6.07) is 7.90. The van der Waals surface area contributed by atoms with Crippen molar-refractivity contribution < 1.29 is 4.79 Å². The fourth-order valence-electron chi connectivity index (χ4n) is 4.88. The molecule has 1 aliphatic heterocycles. The summed E-state index contributed by atoms with van der Waals surface area (Å²) in [4.78, 5) is 16.3. The van der Waals surface area contributed by atoms with Crippen molar-refractivity contribution in [1.82, 2.24) is 19.8 Å². The Bertz CT molecular complexity index is 1040. The summed E-state index contributed by atoms with van der Waals surface area (Å²) < 4.78 is 2.25. The van der Waals surface area contributed by atoms with E-state index in [4.69, 9.17) is 11.4 Å². The summed E-state index contributed by atoms with van der Waals surface area (Å²) in [7, 11) is 0. The molecule has 1 amide bonds. The third-order valence-electron chi connectivity index (χ3n) is 6.93. The number of hydrogen-bond acceptors (Lipinski definition) is 6. The van der Waals surface area contributed by atoms with Gasteiger partial charge in [-0.05, 0) is 62.1 Å². The molecule has 4 rings (SSSR count). The van der Waals surface area contributed by atoms with Gasteiger partial charge in [0.25, 0.3) is 0 Å². The maximum absolute atomic E-state index is 13.4. The number of carbonyl (C=O) groups excluding carboxylic acids is 1. The Hall–Kier alpha value is -2.94. The minimum absolute atomic E-state index is 0.0202. The fourth-order valence-corrected chi connectivity index (χ4v) is 4.88. The second kappa shape index (κ2) is 11.0. The van der Waals surface area contributed by atoms with E-state index in [1.54, 1.807) is 5.01 Å². The predicted molar refractivity (Wildman–Crippen MR) is 131 cm³/mol. The Balaban J connectivity index is 1.53. The molecule has 2 aliphatic rings. The number of para-hydroxylation sites is 1. The number of nitrogens with zero attached hydrogens (tertiary/aromatic N) is 7. The van der Waals surface area contributed by atoms with E-state index in [1.165, 1.54) is 0 Å². The highest BCUT2D eigenvalue weighted by Crippen LogP contribution is 2.42. The number of amides is 1. The molecule has 10 heteroatoms. The quantitative estimate of drug-likeness (QED) is 0.231. The number of nitrogens with one attached hydrogen (secondary N) is 1. The van der Waals surface area contributed by atoms with Gasteiger partial charge in [0, 0.05) is 36.2 Å². The molecule has 3 N–H and O–H groups in total. The Labute approximate surface area is 200 Å². The van der Waals surface area contributed by atoms with Crippen molar-refractivity contribution in [3.05, 3.63) is 51.9 Å². The predicted octanol–water partition coefficient (Wildman–Crippen LogP) is 4.46. The summed E-state index contributed by atoms with van der Waals surface area (Å²) in [5, 5.41) is 17.7. The molecular weight excluding hydrogens is 430 g/mol. The van der Waals surface area contributed by atoms with Gasteiger partial charge in [0.1, 0.15) is 5.82 Å². The Morgan fingerprint density at radius 3 is 2.85 bits per heavy atom. The number of azide groups is 1. The maximum Gasteiger partial charge on any atom is 0.229 e. The van der Waals surface area contributed by atoms with Crippen LogP contribution in [0.15, 0.2) is 29.4 Å². The van der Waals surface area contributed by atoms with Crippen LogP contribution >= 0.6 is 0 Å². The Morgan fingerprint density at radius 1 is 1.32 bits per heavy atom. The highest BCUT2D eigenvalue weighted by Gasteiger charge is 2.42. The number of benzene rings is 1. The van der Waals surface area contributed by atoms with E-state index in [0.717, 1.165) is 74.4 Å². The molecule has 1 aromatic heterocycles. The van der Waals surface area contributed by atoms with Crippen molar-refractivity contribution >= 4 is 11.6 Å². The molecule has 2 aromatic rings. The number of aromatic nitrogens is 3. The zero-order valence-corrected chi connectivity index (χ0v) is 20.1. The number of rotatable bonds is 10. The monoisotopic (exact) mass is 465 g/mol. The van der Waals surface area contributed by atoms with Crippen molar-refractivity contribution in [2.24, 2.45) is 22.8 Å². The smallest absolute Gasteiger partial charge is 0.229 e. The van der Waals surface area contributed by atoms with Gasteiger partial charge in [0.15, 0.2) is 5.82 Å². The van der Waals surface area contributed by atoms with E-state index in [1.807, 2.05) is 31.2 Å². The molecule has 0 spiro atoms. The average Bonchev–Trinajstić information content (AvgIpc) is 3.58. The molecule has 1 saturated heterocycles. The number of anilines is 1. The van der Waals surface area contributed by atoms with Gasteiger partial charge < -0.3 is 9.88 Å². The van der Waals surface area contributed by atoms with E-state index in [9.17, 15) is 4.79 Å². The molecule has 1 saturated carbocycles. The lowest BCUT2D eigenvalue weighted by Gasteiger charge is -2.37.